The fourth-order valence-electron chi connectivity index (χ4n) is 1.79. The van der Waals surface area contributed by atoms with Crippen molar-refractivity contribution in [1.82, 2.24) is 15.5 Å². The normalized spacial score (nSPS) is 12.4. The quantitative estimate of drug-likeness (QED) is 0.941. The standard InChI is InChI=1S/C13H14BrN3/c1-15-13(11-5-6-16-17-9-11)8-10-3-2-4-12(14)7-10/h2-7,9,13,15H,8H2,1H3. The molecule has 0 aliphatic rings. The molecule has 0 aliphatic heterocycles. The molecule has 3 nitrogen and oxygen atoms in total. The Kier molecular flexibility index (Phi) is 4.23. The molecule has 0 saturated heterocycles. The van der Waals surface area contributed by atoms with Crippen LogP contribution in [-0.4, -0.2) is 17.2 Å². The summed E-state index contributed by atoms with van der Waals surface area (Å²) in [6, 6.07) is 10.6. The van der Waals surface area contributed by atoms with Gasteiger partial charge in [0, 0.05) is 16.7 Å². The van der Waals surface area contributed by atoms with Crippen molar-refractivity contribution in [1.29, 1.82) is 0 Å². The van der Waals surface area contributed by atoms with Gasteiger partial charge in [0.05, 0.1) is 6.20 Å². The summed E-state index contributed by atoms with van der Waals surface area (Å²) in [5.74, 6) is 0. The highest BCUT2D eigenvalue weighted by atomic mass is 79.9. The Morgan fingerprint density at radius 1 is 1.29 bits per heavy atom. The summed E-state index contributed by atoms with van der Waals surface area (Å²) >= 11 is 3.49. The molecular formula is C13H14BrN3. The molecular weight excluding hydrogens is 278 g/mol. The van der Waals surface area contributed by atoms with Gasteiger partial charge < -0.3 is 5.32 Å². The first-order chi connectivity index (χ1) is 8.29. The van der Waals surface area contributed by atoms with E-state index in [1.807, 2.05) is 19.2 Å². The molecule has 17 heavy (non-hydrogen) atoms. The third-order valence-electron chi connectivity index (χ3n) is 2.69. The molecule has 88 valence electrons. The minimum Gasteiger partial charge on any atom is -0.313 e. The number of likely N-dealkylation sites (N-methyl/N-ethyl adjacent to an activating group) is 1. The highest BCUT2D eigenvalue weighted by Crippen LogP contribution is 2.19. The lowest BCUT2D eigenvalue weighted by atomic mass is 10.0. The molecule has 0 fully saturated rings. The lowest BCUT2D eigenvalue weighted by Gasteiger charge is -2.16. The maximum absolute atomic E-state index is 3.91. The first-order valence-corrected chi connectivity index (χ1v) is 6.27. The molecule has 0 bridgehead atoms. The van der Waals surface area contributed by atoms with Crippen molar-refractivity contribution in [2.75, 3.05) is 7.05 Å². The second kappa shape index (κ2) is 5.89. The van der Waals surface area contributed by atoms with Gasteiger partial charge in [-0.1, -0.05) is 28.1 Å². The van der Waals surface area contributed by atoms with Gasteiger partial charge >= 0.3 is 0 Å². The number of halogens is 1. The molecule has 0 saturated carbocycles. The summed E-state index contributed by atoms with van der Waals surface area (Å²) in [4.78, 5) is 0. The molecule has 1 unspecified atom stereocenters. The summed E-state index contributed by atoms with van der Waals surface area (Å²) in [7, 11) is 1.96. The predicted octanol–water partition coefficient (Wildman–Crippen LogP) is 2.74. The number of hydrogen-bond donors (Lipinski definition) is 1. The van der Waals surface area contributed by atoms with E-state index >= 15 is 0 Å². The summed E-state index contributed by atoms with van der Waals surface area (Å²) < 4.78 is 1.11. The predicted molar refractivity (Wildman–Crippen MR) is 71.7 cm³/mol. The summed E-state index contributed by atoms with van der Waals surface area (Å²) in [6.07, 6.45) is 4.46. The van der Waals surface area contributed by atoms with Gasteiger partial charge in [-0.15, -0.1) is 0 Å². The van der Waals surface area contributed by atoms with Gasteiger partial charge in [0.2, 0.25) is 0 Å². The molecule has 1 aromatic carbocycles. The van der Waals surface area contributed by atoms with E-state index in [-0.39, 0.29) is 6.04 Å². The third kappa shape index (κ3) is 3.35. The van der Waals surface area contributed by atoms with E-state index < -0.39 is 0 Å². The molecule has 1 aromatic heterocycles. The highest BCUT2D eigenvalue weighted by Gasteiger charge is 2.10. The summed E-state index contributed by atoms with van der Waals surface area (Å²) in [5, 5.41) is 11.0. The molecule has 0 radical (unpaired) electrons. The van der Waals surface area contributed by atoms with Crippen molar-refractivity contribution in [3.8, 4) is 0 Å². The fraction of sp³-hybridized carbons (Fsp3) is 0.231. The lowest BCUT2D eigenvalue weighted by Crippen LogP contribution is -2.19. The average Bonchev–Trinajstić information content (AvgIpc) is 2.37. The molecule has 4 heteroatoms. The van der Waals surface area contributed by atoms with E-state index in [2.05, 4.69) is 49.6 Å². The van der Waals surface area contributed by atoms with E-state index in [4.69, 9.17) is 0 Å². The van der Waals surface area contributed by atoms with Gasteiger partial charge in [-0.3, -0.25) is 0 Å². The van der Waals surface area contributed by atoms with Crippen molar-refractivity contribution in [2.24, 2.45) is 0 Å². The minimum absolute atomic E-state index is 0.264. The molecule has 1 atom stereocenters. The highest BCUT2D eigenvalue weighted by molar-refractivity contribution is 9.10. The first kappa shape index (κ1) is 12.2. The van der Waals surface area contributed by atoms with Crippen LogP contribution in [0.2, 0.25) is 0 Å². The van der Waals surface area contributed by atoms with E-state index in [0.717, 1.165) is 16.5 Å². The monoisotopic (exact) mass is 291 g/mol. The molecule has 2 rings (SSSR count). The smallest absolute Gasteiger partial charge is 0.0544 e. The van der Waals surface area contributed by atoms with Crippen LogP contribution in [-0.2, 0) is 6.42 Å². The number of hydrogen-bond acceptors (Lipinski definition) is 3. The van der Waals surface area contributed by atoms with E-state index in [9.17, 15) is 0 Å². The first-order valence-electron chi connectivity index (χ1n) is 5.48. The Morgan fingerprint density at radius 3 is 2.82 bits per heavy atom. The maximum atomic E-state index is 3.91. The SMILES string of the molecule is CNC(Cc1cccc(Br)c1)c1ccnnc1. The van der Waals surface area contributed by atoms with Crippen molar-refractivity contribution in [3.05, 3.63) is 58.3 Å². The number of rotatable bonds is 4. The molecule has 0 spiro atoms. The van der Waals surface area contributed by atoms with Gasteiger partial charge in [0.15, 0.2) is 0 Å². The number of nitrogens with zero attached hydrogens (tertiary/aromatic N) is 2. The van der Waals surface area contributed by atoms with E-state index in [1.54, 1.807) is 12.4 Å². The number of aromatic nitrogens is 2. The van der Waals surface area contributed by atoms with E-state index in [0.29, 0.717) is 0 Å². The second-order valence-electron chi connectivity index (χ2n) is 3.85. The van der Waals surface area contributed by atoms with Crippen LogP contribution in [0.3, 0.4) is 0 Å². The number of benzene rings is 1. The fourth-order valence-corrected chi connectivity index (χ4v) is 2.24. The topological polar surface area (TPSA) is 37.8 Å². The zero-order chi connectivity index (χ0) is 12.1. The van der Waals surface area contributed by atoms with Gasteiger partial charge in [0.25, 0.3) is 0 Å². The Morgan fingerprint density at radius 2 is 2.18 bits per heavy atom. The largest absolute Gasteiger partial charge is 0.313 e. The average molecular weight is 292 g/mol. The zero-order valence-corrected chi connectivity index (χ0v) is 11.2. The van der Waals surface area contributed by atoms with Crippen LogP contribution in [0.1, 0.15) is 17.2 Å². The molecule has 0 aliphatic carbocycles. The molecule has 1 N–H and O–H groups in total. The molecule has 1 heterocycles. The Labute approximate surface area is 109 Å². The molecule has 0 amide bonds. The summed E-state index contributed by atoms with van der Waals surface area (Å²) in [6.45, 7) is 0. The third-order valence-corrected chi connectivity index (χ3v) is 3.18. The van der Waals surface area contributed by atoms with Gasteiger partial charge in [-0.05, 0) is 42.8 Å². The van der Waals surface area contributed by atoms with Gasteiger partial charge in [-0.25, -0.2) is 0 Å². The Bertz CT molecular complexity index is 473. The van der Waals surface area contributed by atoms with Crippen LogP contribution in [0.15, 0.2) is 47.2 Å². The van der Waals surface area contributed by atoms with Crippen molar-refractivity contribution in [2.45, 2.75) is 12.5 Å². The van der Waals surface area contributed by atoms with Crippen LogP contribution >= 0.6 is 15.9 Å². The minimum atomic E-state index is 0.264. The van der Waals surface area contributed by atoms with Gasteiger partial charge in [-0.2, -0.15) is 10.2 Å². The molecule has 2 aromatic rings. The van der Waals surface area contributed by atoms with Crippen LogP contribution < -0.4 is 5.32 Å². The van der Waals surface area contributed by atoms with Crippen molar-refractivity contribution < 1.29 is 0 Å². The maximum Gasteiger partial charge on any atom is 0.0544 e. The van der Waals surface area contributed by atoms with Gasteiger partial charge in [0.1, 0.15) is 0 Å². The zero-order valence-electron chi connectivity index (χ0n) is 9.60. The van der Waals surface area contributed by atoms with Crippen LogP contribution in [0.5, 0.6) is 0 Å². The Hall–Kier alpha value is -1.26. The van der Waals surface area contributed by atoms with Crippen molar-refractivity contribution in [3.63, 3.8) is 0 Å². The van der Waals surface area contributed by atoms with Crippen LogP contribution in [0.25, 0.3) is 0 Å². The van der Waals surface area contributed by atoms with Crippen molar-refractivity contribution >= 4 is 15.9 Å². The Balaban J connectivity index is 2.16. The lowest BCUT2D eigenvalue weighted by molar-refractivity contribution is 0.588. The second-order valence-corrected chi connectivity index (χ2v) is 4.77. The number of nitrogens with one attached hydrogen (secondary N) is 1. The van der Waals surface area contributed by atoms with E-state index in [1.165, 1.54) is 5.56 Å². The van der Waals surface area contributed by atoms with Crippen LogP contribution in [0.4, 0.5) is 0 Å². The van der Waals surface area contributed by atoms with Crippen LogP contribution in [0, 0.1) is 0 Å². The summed E-state index contributed by atoms with van der Waals surface area (Å²) in [5.41, 5.74) is 2.44.